The molecule has 5 heteroatoms. The lowest BCUT2D eigenvalue weighted by Crippen LogP contribution is -2.33. The van der Waals surface area contributed by atoms with Gasteiger partial charge in [-0.25, -0.2) is 0 Å². The third-order valence-corrected chi connectivity index (χ3v) is 5.15. The van der Waals surface area contributed by atoms with E-state index in [9.17, 15) is 15.0 Å². The number of rotatable bonds is 9. The Balaban J connectivity index is 1.57. The minimum Gasteiger partial charge on any atom is -0.507 e. The fourth-order valence-electron chi connectivity index (χ4n) is 3.33. The molecule has 0 heterocycles. The maximum absolute atomic E-state index is 12.5. The highest BCUT2D eigenvalue weighted by atomic mass is 16.5. The first kappa shape index (κ1) is 21.6. The third-order valence-electron chi connectivity index (χ3n) is 5.15. The summed E-state index contributed by atoms with van der Waals surface area (Å²) in [5.41, 5.74) is 2.80. The molecule has 0 spiro atoms. The molecule has 0 aliphatic carbocycles. The molecule has 2 unspecified atom stereocenters. The first-order valence-electron chi connectivity index (χ1n) is 9.96. The van der Waals surface area contributed by atoms with Crippen molar-refractivity contribution in [2.24, 2.45) is 0 Å². The number of carbonyl (C=O) groups excluding carboxylic acids is 1. The number of phenolic OH excluding ortho intramolecular Hbond substituents is 1. The maximum Gasteiger partial charge on any atom is 0.164 e. The molecule has 3 aromatic carbocycles. The highest BCUT2D eigenvalue weighted by molar-refractivity contribution is 5.97. The Labute approximate surface area is 177 Å². The largest absolute Gasteiger partial charge is 0.507 e. The number of phenols is 1. The van der Waals surface area contributed by atoms with Crippen molar-refractivity contribution in [2.45, 2.75) is 25.5 Å². The molecule has 3 rings (SSSR count). The summed E-state index contributed by atoms with van der Waals surface area (Å²) >= 11 is 0. The Morgan fingerprint density at radius 1 is 1.03 bits per heavy atom. The highest BCUT2D eigenvalue weighted by Crippen LogP contribution is 2.31. The number of hydrogen-bond donors (Lipinski definition) is 3. The van der Waals surface area contributed by atoms with E-state index in [1.165, 1.54) is 6.07 Å². The van der Waals surface area contributed by atoms with E-state index in [1.807, 2.05) is 61.5 Å². The summed E-state index contributed by atoms with van der Waals surface area (Å²) in [6, 6.07) is 21.6. The summed E-state index contributed by atoms with van der Waals surface area (Å²) in [6.45, 7) is 2.32. The topological polar surface area (TPSA) is 78.8 Å². The molecule has 3 N–H and O–H groups in total. The molecule has 0 radical (unpaired) electrons. The van der Waals surface area contributed by atoms with Crippen LogP contribution in [0.1, 0.15) is 35.4 Å². The lowest BCUT2D eigenvalue weighted by molar-refractivity contribution is 0.0972. The van der Waals surface area contributed by atoms with Gasteiger partial charge in [-0.05, 0) is 42.3 Å². The van der Waals surface area contributed by atoms with Crippen LogP contribution in [0.15, 0.2) is 72.8 Å². The number of hydrogen-bond acceptors (Lipinski definition) is 5. The SMILES string of the molecule is COc1ccc(-c2ccc(C(=O)CCNC(C)C(O)c3ccccc3)cc2O)cc1. The molecule has 0 saturated heterocycles. The van der Waals surface area contributed by atoms with Gasteiger partial charge in [-0.15, -0.1) is 0 Å². The predicted octanol–water partition coefficient (Wildman–Crippen LogP) is 4.35. The number of benzene rings is 3. The minimum absolute atomic E-state index is 0.0619. The molecule has 0 fully saturated rings. The van der Waals surface area contributed by atoms with Crippen LogP contribution in [0, 0.1) is 0 Å². The van der Waals surface area contributed by atoms with E-state index in [-0.39, 0.29) is 24.0 Å². The van der Waals surface area contributed by atoms with Crippen molar-refractivity contribution in [3.8, 4) is 22.6 Å². The predicted molar refractivity (Wildman–Crippen MR) is 118 cm³/mol. The van der Waals surface area contributed by atoms with Crippen molar-refractivity contribution in [3.05, 3.63) is 83.9 Å². The molecule has 0 amide bonds. The monoisotopic (exact) mass is 405 g/mol. The van der Waals surface area contributed by atoms with E-state index < -0.39 is 6.10 Å². The average Bonchev–Trinajstić information content (AvgIpc) is 2.79. The van der Waals surface area contributed by atoms with Crippen molar-refractivity contribution in [2.75, 3.05) is 13.7 Å². The number of ketones is 1. The summed E-state index contributed by atoms with van der Waals surface area (Å²) in [5, 5.41) is 24.0. The molecular weight excluding hydrogens is 378 g/mol. The maximum atomic E-state index is 12.5. The minimum atomic E-state index is -0.644. The first-order valence-corrected chi connectivity index (χ1v) is 9.96. The van der Waals surface area contributed by atoms with Gasteiger partial charge in [0.1, 0.15) is 11.5 Å². The normalized spacial score (nSPS) is 12.9. The number of aliphatic hydroxyl groups excluding tert-OH is 1. The van der Waals surface area contributed by atoms with Gasteiger partial charge in [-0.3, -0.25) is 4.79 Å². The number of aromatic hydroxyl groups is 1. The van der Waals surface area contributed by atoms with Crippen LogP contribution in [0.25, 0.3) is 11.1 Å². The van der Waals surface area contributed by atoms with E-state index in [4.69, 9.17) is 4.74 Å². The van der Waals surface area contributed by atoms with Gasteiger partial charge in [-0.1, -0.05) is 48.5 Å². The van der Waals surface area contributed by atoms with Gasteiger partial charge in [0.25, 0.3) is 0 Å². The standard InChI is InChI=1S/C25H27NO4/c1-17(25(29)19-6-4-3-5-7-19)26-15-14-23(27)20-10-13-22(24(28)16-20)18-8-11-21(30-2)12-9-18/h3-13,16-17,25-26,28-29H,14-15H2,1-2H3. The molecular formula is C25H27NO4. The average molecular weight is 405 g/mol. The van der Waals surface area contributed by atoms with Crippen molar-refractivity contribution in [1.29, 1.82) is 0 Å². The summed E-state index contributed by atoms with van der Waals surface area (Å²) in [4.78, 5) is 12.5. The summed E-state index contributed by atoms with van der Waals surface area (Å²) < 4.78 is 5.15. The molecule has 0 bridgehead atoms. The zero-order valence-corrected chi connectivity index (χ0v) is 17.2. The molecule has 0 saturated carbocycles. The zero-order valence-electron chi connectivity index (χ0n) is 17.2. The second kappa shape index (κ2) is 10.1. The number of aliphatic hydroxyl groups is 1. The van der Waals surface area contributed by atoms with Gasteiger partial charge in [0.2, 0.25) is 0 Å². The van der Waals surface area contributed by atoms with Crippen LogP contribution in [0.4, 0.5) is 0 Å². The Morgan fingerprint density at radius 2 is 1.73 bits per heavy atom. The quantitative estimate of drug-likeness (QED) is 0.461. The summed E-state index contributed by atoms with van der Waals surface area (Å²) in [5.74, 6) is 0.733. The van der Waals surface area contributed by atoms with Gasteiger partial charge in [0.15, 0.2) is 5.78 Å². The fraction of sp³-hybridized carbons (Fsp3) is 0.240. The highest BCUT2D eigenvalue weighted by Gasteiger charge is 2.16. The number of methoxy groups -OCH3 is 1. The fourth-order valence-corrected chi connectivity index (χ4v) is 3.33. The molecule has 0 aromatic heterocycles. The van der Waals surface area contributed by atoms with E-state index in [0.717, 1.165) is 16.9 Å². The van der Waals surface area contributed by atoms with Crippen LogP contribution in [0.5, 0.6) is 11.5 Å². The number of Topliss-reactive ketones (excluding diaryl/α,β-unsaturated/α-hetero) is 1. The van der Waals surface area contributed by atoms with E-state index in [0.29, 0.717) is 17.7 Å². The van der Waals surface area contributed by atoms with Gasteiger partial charge >= 0.3 is 0 Å². The lowest BCUT2D eigenvalue weighted by Gasteiger charge is -2.20. The number of ether oxygens (including phenoxy) is 1. The van der Waals surface area contributed by atoms with Crippen LogP contribution in [0.3, 0.4) is 0 Å². The van der Waals surface area contributed by atoms with E-state index in [1.54, 1.807) is 19.2 Å². The molecule has 2 atom stereocenters. The smallest absolute Gasteiger partial charge is 0.164 e. The number of nitrogens with one attached hydrogen (secondary N) is 1. The van der Waals surface area contributed by atoms with Gasteiger partial charge < -0.3 is 20.3 Å². The van der Waals surface area contributed by atoms with Gasteiger partial charge in [-0.2, -0.15) is 0 Å². The van der Waals surface area contributed by atoms with Gasteiger partial charge in [0, 0.05) is 30.1 Å². The second-order valence-corrected chi connectivity index (χ2v) is 7.23. The van der Waals surface area contributed by atoms with Crippen LogP contribution in [-0.2, 0) is 0 Å². The Morgan fingerprint density at radius 3 is 2.37 bits per heavy atom. The Kier molecular flexibility index (Phi) is 7.22. The molecule has 5 nitrogen and oxygen atoms in total. The van der Waals surface area contributed by atoms with Gasteiger partial charge in [0.05, 0.1) is 13.2 Å². The second-order valence-electron chi connectivity index (χ2n) is 7.23. The van der Waals surface area contributed by atoms with Crippen LogP contribution >= 0.6 is 0 Å². The Bertz CT molecular complexity index is 970. The third kappa shape index (κ3) is 5.26. The lowest BCUT2D eigenvalue weighted by atomic mass is 10.00. The zero-order chi connectivity index (χ0) is 21.5. The molecule has 156 valence electrons. The molecule has 30 heavy (non-hydrogen) atoms. The van der Waals surface area contributed by atoms with Crippen LogP contribution in [0.2, 0.25) is 0 Å². The Hall–Kier alpha value is -3.15. The van der Waals surface area contributed by atoms with Crippen LogP contribution < -0.4 is 10.1 Å². The van der Waals surface area contributed by atoms with Crippen molar-refractivity contribution < 1.29 is 19.7 Å². The summed E-state index contributed by atoms with van der Waals surface area (Å²) in [6.07, 6.45) is -0.373. The van der Waals surface area contributed by atoms with Crippen LogP contribution in [-0.4, -0.2) is 35.7 Å². The van der Waals surface area contributed by atoms with Crippen molar-refractivity contribution in [3.63, 3.8) is 0 Å². The van der Waals surface area contributed by atoms with E-state index >= 15 is 0 Å². The first-order chi connectivity index (χ1) is 14.5. The van der Waals surface area contributed by atoms with Crippen molar-refractivity contribution in [1.82, 2.24) is 5.32 Å². The van der Waals surface area contributed by atoms with Crippen molar-refractivity contribution >= 4 is 5.78 Å². The molecule has 0 aliphatic rings. The summed E-state index contributed by atoms with van der Waals surface area (Å²) in [7, 11) is 1.60. The number of carbonyl (C=O) groups is 1. The molecule has 3 aromatic rings. The molecule has 0 aliphatic heterocycles. The van der Waals surface area contributed by atoms with E-state index in [2.05, 4.69) is 5.32 Å².